The average Bonchev–Trinajstić information content (AvgIpc) is 2.38. The van der Waals surface area contributed by atoms with E-state index in [4.69, 9.17) is 11.6 Å². The van der Waals surface area contributed by atoms with Gasteiger partial charge in [-0.05, 0) is 29.6 Å². The quantitative estimate of drug-likeness (QED) is 0.446. The second-order valence-corrected chi connectivity index (χ2v) is 5.66. The van der Waals surface area contributed by atoms with E-state index in [9.17, 15) is 13.2 Å². The Morgan fingerprint density at radius 2 is 1.14 bits per heavy atom. The van der Waals surface area contributed by atoms with Gasteiger partial charge in [-0.25, -0.2) is 13.2 Å². The van der Waals surface area contributed by atoms with E-state index in [0.717, 1.165) is 11.6 Å². The third kappa shape index (κ3) is 11.2. The van der Waals surface area contributed by atoms with E-state index in [1.54, 1.807) is 0 Å². The van der Waals surface area contributed by atoms with E-state index in [-0.39, 0.29) is 16.9 Å². The molecule has 0 N–H and O–H groups in total. The van der Waals surface area contributed by atoms with Crippen molar-refractivity contribution in [1.29, 1.82) is 0 Å². The second-order valence-electron chi connectivity index (χ2n) is 5.25. The Bertz CT molecular complexity index is 448. The van der Waals surface area contributed by atoms with Gasteiger partial charge in [-0.2, -0.15) is 0 Å². The highest BCUT2D eigenvalue weighted by Gasteiger charge is 2.02. The first-order valence-electron chi connectivity index (χ1n) is 6.71. The van der Waals surface area contributed by atoms with Crippen LogP contribution in [0.1, 0.15) is 27.7 Å². The summed E-state index contributed by atoms with van der Waals surface area (Å²) in [5, 5.41) is 0.0312. The number of hydrogen-bond donors (Lipinski definition) is 0. The SMILES string of the molecule is C=C(F)/C(Cl)=C\C(=C)C(C)C.C=C(F)/C(F)=C\C(=C)C(C)C. The van der Waals surface area contributed by atoms with Crippen molar-refractivity contribution in [3.63, 3.8) is 0 Å². The van der Waals surface area contributed by atoms with Crippen LogP contribution in [-0.4, -0.2) is 0 Å². The minimum absolute atomic E-state index is 0.0312. The molecule has 0 aliphatic heterocycles. The van der Waals surface area contributed by atoms with Crippen molar-refractivity contribution >= 4 is 11.6 Å². The molecular formula is C18H24ClF3. The molecule has 0 aliphatic rings. The first-order chi connectivity index (χ1) is 9.89. The standard InChI is InChI=1S/C9H12ClF.C9H12F2/c1-6(2)7(3)5-9(10)8(4)11;1-6(2)7(3)5-9(11)8(4)10/h2*5-6H,3-4H2,1-2H3/b2*9-5+. The van der Waals surface area contributed by atoms with Crippen LogP contribution in [0.15, 0.2) is 72.1 Å². The lowest BCUT2D eigenvalue weighted by molar-refractivity contribution is 0.546. The van der Waals surface area contributed by atoms with Crippen LogP contribution in [0.2, 0.25) is 0 Å². The fourth-order valence-corrected chi connectivity index (χ4v) is 0.956. The van der Waals surface area contributed by atoms with Crippen LogP contribution in [0.25, 0.3) is 0 Å². The van der Waals surface area contributed by atoms with Crippen LogP contribution in [0.3, 0.4) is 0 Å². The first kappa shape index (κ1) is 22.8. The Kier molecular flexibility index (Phi) is 11.5. The number of hydrogen-bond acceptors (Lipinski definition) is 0. The molecule has 0 atom stereocenters. The van der Waals surface area contributed by atoms with Crippen LogP contribution in [0.4, 0.5) is 13.2 Å². The zero-order valence-electron chi connectivity index (χ0n) is 13.6. The number of rotatable bonds is 6. The van der Waals surface area contributed by atoms with E-state index >= 15 is 0 Å². The summed E-state index contributed by atoms with van der Waals surface area (Å²) in [7, 11) is 0. The first-order valence-corrected chi connectivity index (χ1v) is 7.09. The topological polar surface area (TPSA) is 0 Å². The molecule has 0 aromatic rings. The summed E-state index contributed by atoms with van der Waals surface area (Å²) in [5.41, 5.74) is 1.36. The number of allylic oxidation sites excluding steroid dienone is 8. The fourth-order valence-electron chi connectivity index (χ4n) is 0.815. The second kappa shape index (κ2) is 11.1. The van der Waals surface area contributed by atoms with Gasteiger partial charge in [0.1, 0.15) is 5.83 Å². The third-order valence-corrected chi connectivity index (χ3v) is 2.94. The van der Waals surface area contributed by atoms with Gasteiger partial charge in [-0.3, -0.25) is 0 Å². The molecule has 0 radical (unpaired) electrons. The maximum atomic E-state index is 12.5. The molecule has 0 aliphatic carbocycles. The fraction of sp³-hybridized carbons (Fsp3) is 0.333. The zero-order valence-corrected chi connectivity index (χ0v) is 14.4. The molecule has 0 bridgehead atoms. The normalized spacial score (nSPS) is 11.9. The van der Waals surface area contributed by atoms with Crippen LogP contribution in [0.5, 0.6) is 0 Å². The molecule has 0 fully saturated rings. The van der Waals surface area contributed by atoms with Gasteiger partial charge in [0, 0.05) is 0 Å². The van der Waals surface area contributed by atoms with Gasteiger partial charge in [-0.1, -0.05) is 71.2 Å². The lowest BCUT2D eigenvalue weighted by Crippen LogP contribution is -1.88. The van der Waals surface area contributed by atoms with Gasteiger partial charge in [0.2, 0.25) is 0 Å². The monoisotopic (exact) mass is 332 g/mol. The van der Waals surface area contributed by atoms with Crippen LogP contribution < -0.4 is 0 Å². The van der Waals surface area contributed by atoms with Crippen molar-refractivity contribution in [2.75, 3.05) is 0 Å². The molecule has 4 heteroatoms. The Morgan fingerprint density at radius 3 is 1.41 bits per heavy atom. The molecule has 0 aromatic carbocycles. The van der Waals surface area contributed by atoms with Crippen molar-refractivity contribution < 1.29 is 13.2 Å². The minimum atomic E-state index is -1.05. The highest BCUT2D eigenvalue weighted by molar-refractivity contribution is 6.31. The molecule has 124 valence electrons. The van der Waals surface area contributed by atoms with Crippen LogP contribution in [-0.2, 0) is 0 Å². The summed E-state index contributed by atoms with van der Waals surface area (Å²) < 4.78 is 36.8. The van der Waals surface area contributed by atoms with E-state index in [2.05, 4.69) is 26.3 Å². The van der Waals surface area contributed by atoms with Gasteiger partial charge in [-0.15, -0.1) is 0 Å². The van der Waals surface area contributed by atoms with Crippen molar-refractivity contribution in [2.45, 2.75) is 27.7 Å². The third-order valence-electron chi connectivity index (χ3n) is 2.63. The van der Waals surface area contributed by atoms with Gasteiger partial charge in [0.05, 0.1) is 5.03 Å². The van der Waals surface area contributed by atoms with Crippen LogP contribution in [0, 0.1) is 11.8 Å². The summed E-state index contributed by atoms with van der Waals surface area (Å²) in [6, 6.07) is 0. The van der Waals surface area contributed by atoms with Crippen molar-refractivity contribution in [1.82, 2.24) is 0 Å². The van der Waals surface area contributed by atoms with E-state index < -0.39 is 17.5 Å². The lowest BCUT2D eigenvalue weighted by Gasteiger charge is -2.03. The maximum Gasteiger partial charge on any atom is 0.158 e. The smallest absolute Gasteiger partial charge is 0.158 e. The van der Waals surface area contributed by atoms with Crippen LogP contribution >= 0.6 is 11.6 Å². The van der Waals surface area contributed by atoms with E-state index in [0.29, 0.717) is 5.57 Å². The summed E-state index contributed by atoms with van der Waals surface area (Å²) in [5.74, 6) is -2.20. The molecule has 0 saturated heterocycles. The van der Waals surface area contributed by atoms with Gasteiger partial charge in [0.25, 0.3) is 0 Å². The van der Waals surface area contributed by atoms with Crippen molar-refractivity contribution in [2.24, 2.45) is 11.8 Å². The predicted molar refractivity (Wildman–Crippen MR) is 91.6 cm³/mol. The highest BCUT2D eigenvalue weighted by atomic mass is 35.5. The largest absolute Gasteiger partial charge is 0.206 e. The molecule has 0 heterocycles. The molecule has 0 unspecified atom stereocenters. The Morgan fingerprint density at radius 1 is 0.773 bits per heavy atom. The molecule has 0 aromatic heterocycles. The Hall–Kier alpha value is -1.48. The highest BCUT2D eigenvalue weighted by Crippen LogP contribution is 2.19. The van der Waals surface area contributed by atoms with Crippen molar-refractivity contribution in [3.05, 3.63) is 72.1 Å². The van der Waals surface area contributed by atoms with Gasteiger partial charge >= 0.3 is 0 Å². The Labute approximate surface area is 137 Å². The molecular weight excluding hydrogens is 309 g/mol. The van der Waals surface area contributed by atoms with E-state index in [1.165, 1.54) is 6.08 Å². The van der Waals surface area contributed by atoms with E-state index in [1.807, 2.05) is 27.7 Å². The summed E-state index contributed by atoms with van der Waals surface area (Å²) in [4.78, 5) is 0. The van der Waals surface area contributed by atoms with Gasteiger partial charge in [0.15, 0.2) is 11.7 Å². The number of halogens is 4. The maximum absolute atomic E-state index is 12.5. The summed E-state index contributed by atoms with van der Waals surface area (Å²) in [6.07, 6.45) is 2.56. The van der Waals surface area contributed by atoms with Crippen molar-refractivity contribution in [3.8, 4) is 0 Å². The molecule has 0 nitrogen and oxygen atoms in total. The molecule has 0 rings (SSSR count). The Balaban J connectivity index is 0. The molecule has 22 heavy (non-hydrogen) atoms. The predicted octanol–water partition coefficient (Wildman–Crippen LogP) is 7.34. The minimum Gasteiger partial charge on any atom is -0.206 e. The molecule has 0 spiro atoms. The summed E-state index contributed by atoms with van der Waals surface area (Å²) >= 11 is 5.48. The lowest BCUT2D eigenvalue weighted by atomic mass is 10.1. The zero-order chi connectivity index (χ0) is 18.0. The van der Waals surface area contributed by atoms with Gasteiger partial charge < -0.3 is 0 Å². The molecule has 0 amide bonds. The average molecular weight is 333 g/mol. The molecule has 0 saturated carbocycles. The summed E-state index contributed by atoms with van der Waals surface area (Å²) in [6.45, 7) is 20.8.